The standard InChI is InChI=1S/C11H13Cl2NO2/c1-7(15)6-14-11(16)5-8-9(12)3-2-4-10(8)13/h2-4,7,15H,5-6H2,1H3,(H,14,16)/t7-/m0/s1. The maximum absolute atomic E-state index is 11.5. The molecule has 1 aromatic rings. The van der Waals surface area contributed by atoms with Crippen LogP contribution >= 0.6 is 23.2 Å². The summed E-state index contributed by atoms with van der Waals surface area (Å²) in [6, 6.07) is 5.09. The smallest absolute Gasteiger partial charge is 0.224 e. The zero-order valence-electron chi connectivity index (χ0n) is 8.84. The van der Waals surface area contributed by atoms with Crippen LogP contribution in [0.2, 0.25) is 10.0 Å². The van der Waals surface area contributed by atoms with Crippen LogP contribution in [0.4, 0.5) is 0 Å². The third kappa shape index (κ3) is 4.00. The van der Waals surface area contributed by atoms with Crippen LogP contribution in [-0.4, -0.2) is 23.7 Å². The van der Waals surface area contributed by atoms with Crippen molar-refractivity contribution >= 4 is 29.1 Å². The van der Waals surface area contributed by atoms with Gasteiger partial charge in [-0.15, -0.1) is 0 Å². The minimum Gasteiger partial charge on any atom is -0.392 e. The van der Waals surface area contributed by atoms with E-state index in [0.717, 1.165) is 0 Å². The lowest BCUT2D eigenvalue weighted by molar-refractivity contribution is -0.120. The van der Waals surface area contributed by atoms with Crippen LogP contribution in [0.3, 0.4) is 0 Å². The fourth-order valence-corrected chi connectivity index (χ4v) is 1.72. The van der Waals surface area contributed by atoms with Crippen LogP contribution in [0, 0.1) is 0 Å². The molecule has 88 valence electrons. The highest BCUT2D eigenvalue weighted by molar-refractivity contribution is 6.36. The molecule has 0 fully saturated rings. The second-order valence-corrected chi connectivity index (χ2v) is 4.34. The lowest BCUT2D eigenvalue weighted by atomic mass is 10.1. The van der Waals surface area contributed by atoms with Gasteiger partial charge in [0.1, 0.15) is 0 Å². The van der Waals surface area contributed by atoms with Gasteiger partial charge in [0.25, 0.3) is 0 Å². The zero-order valence-corrected chi connectivity index (χ0v) is 10.3. The first-order valence-corrected chi connectivity index (χ1v) is 5.64. The summed E-state index contributed by atoms with van der Waals surface area (Å²) in [4.78, 5) is 11.5. The molecule has 0 unspecified atom stereocenters. The van der Waals surface area contributed by atoms with E-state index >= 15 is 0 Å². The Balaban J connectivity index is 2.63. The first kappa shape index (κ1) is 13.3. The van der Waals surface area contributed by atoms with Gasteiger partial charge in [-0.1, -0.05) is 29.3 Å². The number of aliphatic hydroxyl groups is 1. The number of halogens is 2. The summed E-state index contributed by atoms with van der Waals surface area (Å²) in [5.74, 6) is -0.212. The van der Waals surface area contributed by atoms with E-state index in [4.69, 9.17) is 28.3 Å². The molecule has 0 saturated carbocycles. The van der Waals surface area contributed by atoms with Crippen molar-refractivity contribution in [2.75, 3.05) is 6.54 Å². The van der Waals surface area contributed by atoms with E-state index in [-0.39, 0.29) is 18.9 Å². The zero-order chi connectivity index (χ0) is 12.1. The van der Waals surface area contributed by atoms with Crippen molar-refractivity contribution in [1.29, 1.82) is 0 Å². The van der Waals surface area contributed by atoms with Crippen molar-refractivity contribution in [2.24, 2.45) is 0 Å². The van der Waals surface area contributed by atoms with E-state index in [1.807, 2.05) is 0 Å². The minimum atomic E-state index is -0.564. The fourth-order valence-electron chi connectivity index (χ4n) is 1.19. The van der Waals surface area contributed by atoms with Crippen LogP contribution in [0.25, 0.3) is 0 Å². The number of nitrogens with one attached hydrogen (secondary N) is 1. The lowest BCUT2D eigenvalue weighted by Gasteiger charge is -2.09. The fraction of sp³-hybridized carbons (Fsp3) is 0.364. The topological polar surface area (TPSA) is 49.3 Å². The van der Waals surface area contributed by atoms with Gasteiger partial charge < -0.3 is 10.4 Å². The molecule has 0 saturated heterocycles. The molecule has 2 N–H and O–H groups in total. The van der Waals surface area contributed by atoms with Gasteiger partial charge in [-0.3, -0.25) is 4.79 Å². The van der Waals surface area contributed by atoms with Gasteiger partial charge >= 0.3 is 0 Å². The number of benzene rings is 1. The van der Waals surface area contributed by atoms with Crippen LogP contribution < -0.4 is 5.32 Å². The largest absolute Gasteiger partial charge is 0.392 e. The molecule has 1 atom stereocenters. The van der Waals surface area contributed by atoms with Crippen molar-refractivity contribution in [1.82, 2.24) is 5.32 Å². The van der Waals surface area contributed by atoms with Gasteiger partial charge in [0.2, 0.25) is 5.91 Å². The Morgan fingerprint density at radius 2 is 2.00 bits per heavy atom. The highest BCUT2D eigenvalue weighted by Gasteiger charge is 2.10. The van der Waals surface area contributed by atoms with Gasteiger partial charge in [-0.25, -0.2) is 0 Å². The SMILES string of the molecule is C[C@H](O)CNC(=O)Cc1c(Cl)cccc1Cl. The molecule has 1 aromatic carbocycles. The van der Waals surface area contributed by atoms with E-state index in [2.05, 4.69) is 5.32 Å². The number of hydrogen-bond donors (Lipinski definition) is 2. The van der Waals surface area contributed by atoms with E-state index in [1.54, 1.807) is 25.1 Å². The number of rotatable bonds is 4. The van der Waals surface area contributed by atoms with E-state index < -0.39 is 6.10 Å². The summed E-state index contributed by atoms with van der Waals surface area (Å²) >= 11 is 11.8. The lowest BCUT2D eigenvalue weighted by Crippen LogP contribution is -2.31. The monoisotopic (exact) mass is 261 g/mol. The molecular weight excluding hydrogens is 249 g/mol. The van der Waals surface area contributed by atoms with Gasteiger partial charge in [-0.2, -0.15) is 0 Å². The van der Waals surface area contributed by atoms with E-state index in [1.165, 1.54) is 0 Å². The summed E-state index contributed by atoms with van der Waals surface area (Å²) in [6.07, 6.45) is -0.448. The second-order valence-electron chi connectivity index (χ2n) is 3.53. The number of aliphatic hydroxyl groups excluding tert-OH is 1. The highest BCUT2D eigenvalue weighted by Crippen LogP contribution is 2.24. The maximum Gasteiger partial charge on any atom is 0.224 e. The van der Waals surface area contributed by atoms with Crippen LogP contribution in [0.1, 0.15) is 12.5 Å². The Labute approximate surface area is 104 Å². The quantitative estimate of drug-likeness (QED) is 0.872. The molecule has 0 radical (unpaired) electrons. The van der Waals surface area contributed by atoms with Crippen molar-refractivity contribution < 1.29 is 9.90 Å². The van der Waals surface area contributed by atoms with Gasteiger partial charge in [0.15, 0.2) is 0 Å². The third-order valence-corrected chi connectivity index (χ3v) is 2.70. The molecule has 0 aliphatic carbocycles. The maximum atomic E-state index is 11.5. The van der Waals surface area contributed by atoms with Crippen molar-refractivity contribution in [3.63, 3.8) is 0 Å². The summed E-state index contributed by atoms with van der Waals surface area (Å²) in [5.41, 5.74) is 0.605. The Morgan fingerprint density at radius 1 is 1.44 bits per heavy atom. The summed E-state index contributed by atoms with van der Waals surface area (Å²) in [7, 11) is 0. The van der Waals surface area contributed by atoms with Crippen LogP contribution in [0.15, 0.2) is 18.2 Å². The highest BCUT2D eigenvalue weighted by atomic mass is 35.5. The molecule has 0 bridgehead atoms. The predicted molar refractivity (Wildman–Crippen MR) is 64.9 cm³/mol. The number of amides is 1. The van der Waals surface area contributed by atoms with E-state index in [0.29, 0.717) is 15.6 Å². The van der Waals surface area contributed by atoms with Crippen LogP contribution in [0.5, 0.6) is 0 Å². The molecule has 0 heterocycles. The molecule has 0 spiro atoms. The third-order valence-electron chi connectivity index (χ3n) is 1.99. The van der Waals surface area contributed by atoms with Gasteiger partial charge in [0, 0.05) is 16.6 Å². The van der Waals surface area contributed by atoms with Crippen LogP contribution in [-0.2, 0) is 11.2 Å². The normalized spacial score (nSPS) is 12.2. The second kappa shape index (κ2) is 6.09. The number of hydrogen-bond acceptors (Lipinski definition) is 2. The molecule has 3 nitrogen and oxygen atoms in total. The Morgan fingerprint density at radius 3 is 2.50 bits per heavy atom. The molecule has 5 heteroatoms. The average Bonchev–Trinajstić information content (AvgIpc) is 2.21. The van der Waals surface area contributed by atoms with Crippen molar-refractivity contribution in [3.05, 3.63) is 33.8 Å². The molecular formula is C11H13Cl2NO2. The first-order valence-electron chi connectivity index (χ1n) is 4.88. The van der Waals surface area contributed by atoms with Crippen molar-refractivity contribution in [2.45, 2.75) is 19.4 Å². The Kier molecular flexibility index (Phi) is 5.06. The molecule has 0 aliphatic heterocycles. The number of carbonyl (C=O) groups excluding carboxylic acids is 1. The molecule has 1 rings (SSSR count). The molecule has 16 heavy (non-hydrogen) atoms. The van der Waals surface area contributed by atoms with Gasteiger partial charge in [-0.05, 0) is 24.6 Å². The van der Waals surface area contributed by atoms with Crippen molar-refractivity contribution in [3.8, 4) is 0 Å². The predicted octanol–water partition coefficient (Wildman–Crippen LogP) is 2.03. The summed E-state index contributed by atoms with van der Waals surface area (Å²) < 4.78 is 0. The molecule has 0 aliphatic rings. The summed E-state index contributed by atoms with van der Waals surface area (Å²) in [6.45, 7) is 1.82. The number of carbonyl (C=O) groups is 1. The van der Waals surface area contributed by atoms with E-state index in [9.17, 15) is 4.79 Å². The molecule has 1 amide bonds. The minimum absolute atomic E-state index is 0.116. The Hall–Kier alpha value is -0.770. The molecule has 0 aromatic heterocycles. The first-order chi connectivity index (χ1) is 7.50. The van der Waals surface area contributed by atoms with Gasteiger partial charge in [0.05, 0.1) is 12.5 Å². The average molecular weight is 262 g/mol. The Bertz CT molecular complexity index is 360. The summed E-state index contributed by atoms with van der Waals surface area (Å²) in [5, 5.41) is 12.5.